The van der Waals surface area contributed by atoms with E-state index < -0.39 is 10.0 Å². The zero-order valence-electron chi connectivity index (χ0n) is 9.64. The number of halogens is 1. The lowest BCUT2D eigenvalue weighted by atomic mass is 10.2. The third-order valence-corrected chi connectivity index (χ3v) is 4.28. The molecule has 1 aromatic heterocycles. The molecule has 1 heterocycles. The summed E-state index contributed by atoms with van der Waals surface area (Å²) in [6.45, 7) is 1.85. The predicted octanol–water partition coefficient (Wildman–Crippen LogP) is 1.15. The van der Waals surface area contributed by atoms with Crippen LogP contribution in [0.25, 0.3) is 0 Å². The molecule has 94 valence electrons. The zero-order chi connectivity index (χ0) is 13.1. The molecule has 0 spiro atoms. The molecule has 0 aliphatic heterocycles. The third kappa shape index (κ3) is 3.22. The van der Waals surface area contributed by atoms with Gasteiger partial charge in [-0.3, -0.25) is 0 Å². The van der Waals surface area contributed by atoms with E-state index in [9.17, 15) is 8.42 Å². The lowest BCUT2D eigenvalue weighted by Gasteiger charge is -2.13. The summed E-state index contributed by atoms with van der Waals surface area (Å²) in [5.74, 6) is 2.43. The maximum atomic E-state index is 12.0. The summed E-state index contributed by atoms with van der Waals surface area (Å²) < 4.78 is 27.9. The topological polar surface area (TPSA) is 64.0 Å². The van der Waals surface area contributed by atoms with Gasteiger partial charge in [-0.1, -0.05) is 18.5 Å². The van der Waals surface area contributed by atoms with Gasteiger partial charge in [0.25, 0.3) is 10.0 Å². The van der Waals surface area contributed by atoms with Crippen LogP contribution in [-0.4, -0.2) is 24.0 Å². The Bertz CT molecular complexity index is 530. The predicted molar refractivity (Wildman–Crippen MR) is 66.1 cm³/mol. The summed E-state index contributed by atoms with van der Waals surface area (Å²) in [6, 6.07) is -0.303. The Hall–Kier alpha value is -1.03. The minimum absolute atomic E-state index is 0.0769. The zero-order valence-corrected chi connectivity index (χ0v) is 11.2. The summed E-state index contributed by atoms with van der Waals surface area (Å²) in [4.78, 5) is 3.76. The van der Waals surface area contributed by atoms with Gasteiger partial charge < -0.3 is 4.57 Å². The number of nitrogens with zero attached hydrogens (tertiary/aromatic N) is 2. The van der Waals surface area contributed by atoms with Crippen LogP contribution in [-0.2, 0) is 17.1 Å². The van der Waals surface area contributed by atoms with Gasteiger partial charge in [0.2, 0.25) is 5.03 Å². The van der Waals surface area contributed by atoms with Gasteiger partial charge in [-0.05, 0) is 6.42 Å². The minimum Gasteiger partial charge on any atom is -0.324 e. The molecule has 1 N–H and O–H groups in total. The van der Waals surface area contributed by atoms with Gasteiger partial charge in [-0.25, -0.2) is 18.1 Å². The van der Waals surface area contributed by atoms with Crippen LogP contribution in [0.4, 0.5) is 0 Å². The fraction of sp³-hybridized carbons (Fsp3) is 0.500. The Kier molecular flexibility index (Phi) is 4.57. The van der Waals surface area contributed by atoms with Crippen molar-refractivity contribution in [3.63, 3.8) is 0 Å². The summed E-state index contributed by atoms with van der Waals surface area (Å²) in [7, 11) is -2.09. The summed E-state index contributed by atoms with van der Waals surface area (Å²) >= 11 is 5.84. The second-order valence-corrected chi connectivity index (χ2v) is 5.57. The van der Waals surface area contributed by atoms with E-state index in [2.05, 4.69) is 15.6 Å². The van der Waals surface area contributed by atoms with E-state index in [1.807, 2.05) is 6.92 Å². The molecular formula is C10H14ClN3O2S. The first-order chi connectivity index (χ1) is 7.92. The Morgan fingerprint density at radius 1 is 1.71 bits per heavy atom. The standard InChI is InChI=1S/C10H14ClN3O2S/c1-4-6-8(5-2)13-17(15,16)10-9(11)14(3)7-12-10/h1,7-8,13H,5-6H2,2-3H3. The van der Waals surface area contributed by atoms with Crippen LogP contribution in [0, 0.1) is 12.3 Å². The van der Waals surface area contributed by atoms with Gasteiger partial charge in [0, 0.05) is 19.5 Å². The number of hydrogen-bond donors (Lipinski definition) is 1. The Balaban J connectivity index is 2.97. The molecule has 1 unspecified atom stereocenters. The van der Waals surface area contributed by atoms with E-state index in [4.69, 9.17) is 18.0 Å². The number of rotatable bonds is 5. The van der Waals surface area contributed by atoms with E-state index in [-0.39, 0.29) is 16.2 Å². The van der Waals surface area contributed by atoms with Crippen molar-refractivity contribution >= 4 is 21.6 Å². The molecular weight excluding hydrogens is 262 g/mol. The average Bonchev–Trinajstić information content (AvgIpc) is 2.59. The molecule has 0 amide bonds. The van der Waals surface area contributed by atoms with Gasteiger partial charge in [0.15, 0.2) is 0 Å². The SMILES string of the molecule is C#CCC(CC)NS(=O)(=O)c1ncn(C)c1Cl. The molecule has 5 nitrogen and oxygen atoms in total. The smallest absolute Gasteiger partial charge is 0.261 e. The first kappa shape index (κ1) is 14.0. The van der Waals surface area contributed by atoms with Crippen LogP contribution in [0.2, 0.25) is 5.15 Å². The van der Waals surface area contributed by atoms with E-state index in [0.717, 1.165) is 0 Å². The van der Waals surface area contributed by atoms with Crippen molar-refractivity contribution in [1.29, 1.82) is 0 Å². The molecule has 0 saturated carbocycles. The Morgan fingerprint density at radius 2 is 2.35 bits per heavy atom. The van der Waals surface area contributed by atoms with Crippen molar-refractivity contribution in [2.24, 2.45) is 7.05 Å². The van der Waals surface area contributed by atoms with E-state index in [0.29, 0.717) is 12.8 Å². The number of nitrogens with one attached hydrogen (secondary N) is 1. The highest BCUT2D eigenvalue weighted by molar-refractivity contribution is 7.89. The van der Waals surface area contributed by atoms with Crippen LogP contribution in [0.3, 0.4) is 0 Å². The highest BCUT2D eigenvalue weighted by Gasteiger charge is 2.24. The van der Waals surface area contributed by atoms with Crippen molar-refractivity contribution in [3.8, 4) is 12.3 Å². The second kappa shape index (κ2) is 5.54. The third-order valence-electron chi connectivity index (χ3n) is 2.27. The van der Waals surface area contributed by atoms with Crippen molar-refractivity contribution in [1.82, 2.24) is 14.3 Å². The summed E-state index contributed by atoms with van der Waals surface area (Å²) in [6.07, 6.45) is 7.45. The van der Waals surface area contributed by atoms with Crippen LogP contribution in [0.15, 0.2) is 11.4 Å². The quantitative estimate of drug-likeness (QED) is 0.820. The molecule has 0 aliphatic carbocycles. The lowest BCUT2D eigenvalue weighted by Crippen LogP contribution is -2.34. The summed E-state index contributed by atoms with van der Waals surface area (Å²) in [5.41, 5.74) is 0. The number of hydrogen-bond acceptors (Lipinski definition) is 3. The fourth-order valence-corrected chi connectivity index (χ4v) is 3.01. The van der Waals surface area contributed by atoms with Gasteiger partial charge in [-0.2, -0.15) is 0 Å². The van der Waals surface area contributed by atoms with Gasteiger partial charge in [0.05, 0.1) is 6.33 Å². The summed E-state index contributed by atoms with van der Waals surface area (Å²) in [5, 5.41) is -0.0924. The molecule has 1 rings (SSSR count). The maximum absolute atomic E-state index is 12.0. The van der Waals surface area contributed by atoms with Gasteiger partial charge in [0.1, 0.15) is 5.15 Å². The lowest BCUT2D eigenvalue weighted by molar-refractivity contribution is 0.541. The first-order valence-electron chi connectivity index (χ1n) is 5.05. The van der Waals surface area contributed by atoms with Crippen LogP contribution >= 0.6 is 11.6 Å². The first-order valence-corrected chi connectivity index (χ1v) is 6.91. The second-order valence-electron chi connectivity index (χ2n) is 3.59. The molecule has 1 atom stereocenters. The maximum Gasteiger partial charge on any atom is 0.261 e. The van der Waals surface area contributed by atoms with Crippen molar-refractivity contribution in [2.45, 2.75) is 30.8 Å². The number of terminal acetylenes is 1. The van der Waals surface area contributed by atoms with E-state index in [1.165, 1.54) is 10.9 Å². The van der Waals surface area contributed by atoms with Gasteiger partial charge in [-0.15, -0.1) is 12.3 Å². The Labute approximate surface area is 106 Å². The van der Waals surface area contributed by atoms with Crippen molar-refractivity contribution in [2.75, 3.05) is 0 Å². The molecule has 0 radical (unpaired) electrons. The van der Waals surface area contributed by atoms with Crippen LogP contribution in [0.1, 0.15) is 19.8 Å². The monoisotopic (exact) mass is 275 g/mol. The largest absolute Gasteiger partial charge is 0.324 e. The van der Waals surface area contributed by atoms with Crippen LogP contribution < -0.4 is 4.72 Å². The molecule has 0 bridgehead atoms. The normalized spacial score (nSPS) is 13.3. The highest BCUT2D eigenvalue weighted by atomic mass is 35.5. The fourth-order valence-electron chi connectivity index (χ4n) is 1.26. The molecule has 0 saturated heterocycles. The molecule has 1 aromatic rings. The average molecular weight is 276 g/mol. The minimum atomic E-state index is -3.71. The van der Waals surface area contributed by atoms with Crippen LogP contribution in [0.5, 0.6) is 0 Å². The number of aryl methyl sites for hydroxylation is 1. The number of imidazole rings is 1. The Morgan fingerprint density at radius 3 is 2.76 bits per heavy atom. The van der Waals surface area contributed by atoms with Crippen molar-refractivity contribution < 1.29 is 8.42 Å². The van der Waals surface area contributed by atoms with E-state index >= 15 is 0 Å². The van der Waals surface area contributed by atoms with Gasteiger partial charge >= 0.3 is 0 Å². The van der Waals surface area contributed by atoms with E-state index in [1.54, 1.807) is 7.05 Å². The molecule has 7 heteroatoms. The molecule has 17 heavy (non-hydrogen) atoms. The highest BCUT2D eigenvalue weighted by Crippen LogP contribution is 2.19. The van der Waals surface area contributed by atoms with Crippen molar-refractivity contribution in [3.05, 3.63) is 11.5 Å². The number of sulfonamides is 1. The molecule has 0 aliphatic rings. The molecule has 0 fully saturated rings. The molecule has 0 aromatic carbocycles. The number of aromatic nitrogens is 2.